The summed E-state index contributed by atoms with van der Waals surface area (Å²) in [6.45, 7) is 11.6. The molecule has 3 aliphatic rings. The van der Waals surface area contributed by atoms with Crippen LogP contribution in [0.5, 0.6) is 0 Å². The number of nitrogens with two attached hydrogens (primary N) is 1. The summed E-state index contributed by atoms with van der Waals surface area (Å²) in [4.78, 5) is 74.3. The summed E-state index contributed by atoms with van der Waals surface area (Å²) in [5.74, 6) is -1.47. The third kappa shape index (κ3) is 10.5. The molecule has 5 aromatic rings. The Morgan fingerprint density at radius 2 is 1.71 bits per heavy atom. The molecule has 0 radical (unpaired) electrons. The molecule has 5 heterocycles. The number of aromatic nitrogens is 3. The van der Waals surface area contributed by atoms with Crippen LogP contribution >= 0.6 is 0 Å². The number of aryl methyl sites for hydroxylation is 4. The highest BCUT2D eigenvalue weighted by atomic mass is 19.1. The summed E-state index contributed by atoms with van der Waals surface area (Å²) in [5.41, 5.74) is 12.1. The number of rotatable bonds is 16. The number of pyridine rings is 1. The number of carbonyl (C=O) groups excluding carboxylic acids is 5. The molecule has 18 heteroatoms. The van der Waals surface area contributed by atoms with Gasteiger partial charge in [-0.25, -0.2) is 18.4 Å². The molecule has 3 aliphatic heterocycles. The zero-order chi connectivity index (χ0) is 48.9. The van der Waals surface area contributed by atoms with E-state index in [-0.39, 0.29) is 59.1 Å². The van der Waals surface area contributed by atoms with Crippen molar-refractivity contribution < 1.29 is 32.8 Å². The van der Waals surface area contributed by atoms with Gasteiger partial charge in [0, 0.05) is 101 Å². The SMILES string of the molecule is CNC(=O)C(CCC=O)N(C=O)Cc1cc(F)c(N2CCC(CN3CCN(c4ccc5c(c4)CCn4nc(-c6ccc(C(=O)Nc7cccc(C)n7)c(C)c6F)c(C(N)=O)c4N5)CC3)CC2)cc1C. The maximum atomic E-state index is 16.1. The molecule has 5 N–H and O–H groups in total. The molecule has 2 fully saturated rings. The number of hydrogen-bond acceptors (Lipinski definition) is 11. The Morgan fingerprint density at radius 3 is 2.41 bits per heavy atom. The summed E-state index contributed by atoms with van der Waals surface area (Å²) in [5, 5.41) is 13.4. The second kappa shape index (κ2) is 21.0. The second-order valence-corrected chi connectivity index (χ2v) is 18.2. The average Bonchev–Trinajstić information content (AvgIpc) is 3.60. The van der Waals surface area contributed by atoms with Gasteiger partial charge in [-0.3, -0.25) is 24.1 Å². The molecule has 2 aromatic heterocycles. The fourth-order valence-electron chi connectivity index (χ4n) is 9.83. The molecule has 8 rings (SSSR count). The first-order valence-corrected chi connectivity index (χ1v) is 23.5. The monoisotopic (exact) mass is 943 g/mol. The molecule has 69 heavy (non-hydrogen) atoms. The number of fused-ring (bicyclic) bond motifs is 2. The van der Waals surface area contributed by atoms with Crippen LogP contribution < -0.4 is 31.5 Å². The van der Waals surface area contributed by atoms with E-state index in [2.05, 4.69) is 47.8 Å². The molecule has 2 saturated heterocycles. The summed E-state index contributed by atoms with van der Waals surface area (Å²) in [6.07, 6.45) is 4.07. The van der Waals surface area contributed by atoms with Gasteiger partial charge in [0.2, 0.25) is 12.3 Å². The van der Waals surface area contributed by atoms with E-state index in [0.29, 0.717) is 54.5 Å². The minimum Gasteiger partial charge on any atom is -0.369 e. The lowest BCUT2D eigenvalue weighted by molar-refractivity contribution is -0.133. The second-order valence-electron chi connectivity index (χ2n) is 18.2. The van der Waals surface area contributed by atoms with E-state index in [0.717, 1.165) is 86.9 Å². The van der Waals surface area contributed by atoms with Gasteiger partial charge in [-0.2, -0.15) is 5.10 Å². The van der Waals surface area contributed by atoms with Gasteiger partial charge in [0.05, 0.1) is 5.69 Å². The minimum absolute atomic E-state index is 0.0519. The minimum atomic E-state index is -0.831. The lowest BCUT2D eigenvalue weighted by Gasteiger charge is -2.40. The zero-order valence-corrected chi connectivity index (χ0v) is 39.5. The number of anilines is 5. The van der Waals surface area contributed by atoms with Crippen LogP contribution in [-0.2, 0) is 33.9 Å². The highest BCUT2D eigenvalue weighted by molar-refractivity contribution is 6.07. The van der Waals surface area contributed by atoms with Gasteiger partial charge in [-0.15, -0.1) is 0 Å². The number of aldehydes is 1. The number of carbonyl (C=O) groups is 5. The maximum absolute atomic E-state index is 16.1. The van der Waals surface area contributed by atoms with Gasteiger partial charge in [0.25, 0.3) is 11.8 Å². The summed E-state index contributed by atoms with van der Waals surface area (Å²) < 4.78 is 33.5. The Morgan fingerprint density at radius 1 is 0.942 bits per heavy atom. The Kier molecular flexibility index (Phi) is 14.7. The van der Waals surface area contributed by atoms with Crippen molar-refractivity contribution in [3.05, 3.63) is 111 Å². The predicted molar refractivity (Wildman–Crippen MR) is 261 cm³/mol. The van der Waals surface area contributed by atoms with Gasteiger partial charge < -0.3 is 41.2 Å². The lowest BCUT2D eigenvalue weighted by Crippen LogP contribution is -2.49. The van der Waals surface area contributed by atoms with Crippen LogP contribution in [0.3, 0.4) is 0 Å². The van der Waals surface area contributed by atoms with Crippen LogP contribution in [0.2, 0.25) is 0 Å². The van der Waals surface area contributed by atoms with E-state index in [1.807, 2.05) is 32.0 Å². The number of likely N-dealkylation sites (N-methyl/N-ethyl adjacent to an activating group) is 1. The number of nitrogens with zero attached hydrogens (tertiary/aromatic N) is 7. The molecule has 16 nitrogen and oxygen atoms in total. The fourth-order valence-corrected chi connectivity index (χ4v) is 9.83. The fraction of sp³-hybridized carbons (Fsp3) is 0.392. The quantitative estimate of drug-likeness (QED) is 0.0864. The molecule has 0 saturated carbocycles. The van der Waals surface area contributed by atoms with E-state index in [9.17, 15) is 24.0 Å². The van der Waals surface area contributed by atoms with Gasteiger partial charge in [-0.05, 0) is 129 Å². The van der Waals surface area contributed by atoms with E-state index < -0.39 is 23.7 Å². The van der Waals surface area contributed by atoms with Gasteiger partial charge in [-0.1, -0.05) is 6.07 Å². The summed E-state index contributed by atoms with van der Waals surface area (Å²) >= 11 is 0. The van der Waals surface area contributed by atoms with Crippen molar-refractivity contribution in [1.29, 1.82) is 0 Å². The van der Waals surface area contributed by atoms with Crippen LogP contribution in [0.15, 0.2) is 60.7 Å². The zero-order valence-electron chi connectivity index (χ0n) is 39.5. The number of benzene rings is 3. The van der Waals surface area contributed by atoms with E-state index in [4.69, 9.17) is 10.8 Å². The van der Waals surface area contributed by atoms with Gasteiger partial charge in [0.15, 0.2) is 0 Å². The summed E-state index contributed by atoms with van der Waals surface area (Å²) in [7, 11) is 1.48. The molecular weight excluding hydrogens is 885 g/mol. The van der Waals surface area contributed by atoms with Crippen LogP contribution in [-0.4, -0.2) is 114 Å². The van der Waals surface area contributed by atoms with Crippen molar-refractivity contribution in [2.45, 2.75) is 72.0 Å². The molecule has 4 amide bonds. The molecule has 0 spiro atoms. The maximum Gasteiger partial charge on any atom is 0.257 e. The van der Waals surface area contributed by atoms with Crippen LogP contribution in [0.25, 0.3) is 11.3 Å². The van der Waals surface area contributed by atoms with Crippen LogP contribution in [0, 0.1) is 38.3 Å². The van der Waals surface area contributed by atoms with E-state index in [1.54, 1.807) is 16.8 Å². The molecule has 362 valence electrons. The third-order valence-corrected chi connectivity index (χ3v) is 13.8. The molecule has 3 aromatic carbocycles. The average molecular weight is 944 g/mol. The number of amides is 4. The highest BCUT2D eigenvalue weighted by Gasteiger charge is 2.31. The summed E-state index contributed by atoms with van der Waals surface area (Å²) in [6, 6.07) is 16.9. The molecule has 1 atom stereocenters. The molecule has 0 bridgehead atoms. The van der Waals surface area contributed by atoms with Crippen molar-refractivity contribution in [3.63, 3.8) is 0 Å². The Balaban J connectivity index is 0.857. The lowest BCUT2D eigenvalue weighted by atomic mass is 9.95. The highest BCUT2D eigenvalue weighted by Crippen LogP contribution is 2.38. The first kappa shape index (κ1) is 48.3. The Bertz CT molecular complexity index is 2760. The predicted octanol–water partition coefficient (Wildman–Crippen LogP) is 5.89. The van der Waals surface area contributed by atoms with Crippen LogP contribution in [0.4, 0.5) is 37.5 Å². The van der Waals surface area contributed by atoms with Crippen molar-refractivity contribution in [1.82, 2.24) is 29.9 Å². The van der Waals surface area contributed by atoms with Gasteiger partial charge in [0.1, 0.15) is 46.9 Å². The van der Waals surface area contributed by atoms with Gasteiger partial charge >= 0.3 is 0 Å². The number of primary amides is 1. The Labute approximate surface area is 400 Å². The number of halogens is 2. The van der Waals surface area contributed by atoms with E-state index in [1.165, 1.54) is 37.1 Å². The number of piperazine rings is 1. The largest absolute Gasteiger partial charge is 0.369 e. The first-order chi connectivity index (χ1) is 33.3. The molecule has 0 aliphatic carbocycles. The molecule has 1 unspecified atom stereocenters. The Hall–Kier alpha value is -7.21. The smallest absolute Gasteiger partial charge is 0.257 e. The number of hydrogen-bond donors (Lipinski definition) is 4. The van der Waals surface area contributed by atoms with Crippen molar-refractivity contribution >= 4 is 59.1 Å². The first-order valence-electron chi connectivity index (χ1n) is 23.5. The molecular formula is C51H59F2N11O5. The topological polar surface area (TPSA) is 191 Å². The van der Waals surface area contributed by atoms with Crippen LogP contribution in [0.1, 0.15) is 74.3 Å². The van der Waals surface area contributed by atoms with Crippen molar-refractivity contribution in [2.24, 2.45) is 11.7 Å². The van der Waals surface area contributed by atoms with Crippen molar-refractivity contribution in [2.75, 3.05) is 73.3 Å². The number of piperidine rings is 1. The normalized spacial score (nSPS) is 15.6. The standard InChI is InChI=1S/C51H59F2N11O5/c1-31-25-43(40(52)27-36(31)29-63(30-66)42(8-6-24-65)51(69)55-4)62-17-14-34(15-18-62)28-60-20-22-61(23-21-60)37-10-13-41-35(26-37)16-19-64-49(57-41)45(48(54)67)47(59-64)39-12-11-38(33(3)46(39)53)50(68)58-44-9-5-7-32(2)56-44/h5,7,9-13,24-27,30,34,42,57H,6,8,14-23,28-29H2,1-4H3,(H2,54,67)(H,55,69)(H,56,58,68). The van der Waals surface area contributed by atoms with E-state index >= 15 is 8.78 Å². The third-order valence-electron chi connectivity index (χ3n) is 13.8. The van der Waals surface area contributed by atoms with Crippen molar-refractivity contribution in [3.8, 4) is 11.3 Å². The number of nitrogens with one attached hydrogen (secondary N) is 3.